The van der Waals surface area contributed by atoms with Gasteiger partial charge in [-0.15, -0.1) is 0 Å². The molecular formula is C21H27N9O10P2S2. The zero-order valence-electron chi connectivity index (χ0n) is 22.6. The monoisotopic (exact) mass is 691 g/mol. The molecule has 6 N–H and O–H groups in total. The van der Waals surface area contributed by atoms with Crippen LogP contribution in [0.15, 0.2) is 31.2 Å². The molecule has 2 aliphatic rings. The molecule has 0 aromatic carbocycles. The Labute approximate surface area is 258 Å². The maximum absolute atomic E-state index is 13.5. The van der Waals surface area contributed by atoms with Gasteiger partial charge in [0.1, 0.15) is 60.2 Å². The molecule has 0 spiro atoms. The van der Waals surface area contributed by atoms with Gasteiger partial charge in [0.05, 0.1) is 24.9 Å². The normalized spacial score (nSPS) is 34.4. The van der Waals surface area contributed by atoms with Crippen LogP contribution in [0.4, 0.5) is 11.6 Å². The van der Waals surface area contributed by atoms with E-state index in [1.807, 2.05) is 0 Å². The molecule has 6 rings (SSSR count). The van der Waals surface area contributed by atoms with Gasteiger partial charge in [0, 0.05) is 13.3 Å². The van der Waals surface area contributed by atoms with Crippen LogP contribution >= 0.6 is 38.1 Å². The average molecular weight is 692 g/mol. The zero-order chi connectivity index (χ0) is 31.4. The lowest BCUT2D eigenvalue weighted by atomic mass is 10.1. The van der Waals surface area contributed by atoms with E-state index in [0.29, 0.717) is 11.0 Å². The molecule has 2 fully saturated rings. The molecule has 0 aliphatic carbocycles. The summed E-state index contributed by atoms with van der Waals surface area (Å²) >= 11 is 8.19. The first-order chi connectivity index (χ1) is 20.9. The fourth-order valence-electron chi connectivity index (χ4n) is 4.93. The quantitative estimate of drug-likeness (QED) is 0.129. The number of rotatable bonds is 4. The summed E-state index contributed by atoms with van der Waals surface area (Å²) < 4.78 is 63.7. The minimum absolute atomic E-state index is 0.0514. The Bertz CT molecular complexity index is 1780. The van der Waals surface area contributed by atoms with Crippen LogP contribution in [0.3, 0.4) is 0 Å². The second kappa shape index (κ2) is 12.1. The van der Waals surface area contributed by atoms with Crippen molar-refractivity contribution in [2.24, 2.45) is 0 Å². The van der Waals surface area contributed by atoms with Crippen LogP contribution in [0.2, 0.25) is 0 Å². The third-order valence-corrected chi connectivity index (χ3v) is 10.3. The van der Waals surface area contributed by atoms with E-state index in [0.717, 1.165) is 6.33 Å². The summed E-state index contributed by atoms with van der Waals surface area (Å²) in [6, 6.07) is 1.63. The summed E-state index contributed by atoms with van der Waals surface area (Å²) in [5.41, 5.74) is 12.5. The number of aromatic nitrogens is 7. The number of anilines is 2. The molecule has 23 heteroatoms. The van der Waals surface area contributed by atoms with E-state index < -0.39 is 69.8 Å². The van der Waals surface area contributed by atoms with Crippen molar-refractivity contribution in [3.63, 3.8) is 0 Å². The van der Waals surface area contributed by atoms with Crippen LogP contribution in [0.25, 0.3) is 22.2 Å². The van der Waals surface area contributed by atoms with Gasteiger partial charge in [0.15, 0.2) is 23.9 Å². The first-order valence-corrected chi connectivity index (χ1v) is 18.1. The van der Waals surface area contributed by atoms with Gasteiger partial charge in [-0.05, 0) is 6.07 Å². The van der Waals surface area contributed by atoms with Crippen LogP contribution in [-0.4, -0.2) is 95.1 Å². The molecule has 0 saturated carbocycles. The van der Waals surface area contributed by atoms with Crippen molar-refractivity contribution in [2.75, 3.05) is 31.8 Å². The van der Waals surface area contributed by atoms with Gasteiger partial charge in [-0.3, -0.25) is 22.7 Å². The second-order valence-corrected chi connectivity index (χ2v) is 15.5. The van der Waals surface area contributed by atoms with Crippen molar-refractivity contribution < 1.29 is 46.9 Å². The first-order valence-electron chi connectivity index (χ1n) is 12.7. The molecule has 4 aromatic heterocycles. The summed E-state index contributed by atoms with van der Waals surface area (Å²) in [4.78, 5) is 20.3. The van der Waals surface area contributed by atoms with Gasteiger partial charge in [-0.2, -0.15) is 0 Å². The highest BCUT2D eigenvalue weighted by molar-refractivity contribution is 8.44. The zero-order valence-corrected chi connectivity index (χ0v) is 26.2. The van der Waals surface area contributed by atoms with E-state index >= 15 is 0 Å². The first kappa shape index (κ1) is 31.6. The summed E-state index contributed by atoms with van der Waals surface area (Å²) in [5, 5.41) is 23.1. The highest BCUT2D eigenvalue weighted by Gasteiger charge is 2.50. The second-order valence-electron chi connectivity index (χ2n) is 9.71. The summed E-state index contributed by atoms with van der Waals surface area (Å²) in [6.07, 6.45) is -4.56. The number of nitrogens with zero attached hydrogens (tertiary/aromatic N) is 7. The van der Waals surface area contributed by atoms with Crippen LogP contribution in [0.5, 0.6) is 0 Å². The lowest BCUT2D eigenvalue weighted by Crippen LogP contribution is -2.40. The minimum atomic E-state index is -4.36. The van der Waals surface area contributed by atoms with Crippen molar-refractivity contribution in [3.05, 3.63) is 31.2 Å². The number of hydrogen-bond donors (Lipinski definition) is 6. The molecule has 2 aliphatic heterocycles. The number of thiol groups is 2. The van der Waals surface area contributed by atoms with Gasteiger partial charge in [-0.1, -0.05) is 24.5 Å². The molecule has 2 bridgehead atoms. The number of aliphatic hydroxyl groups is 2. The Kier molecular flexibility index (Phi) is 8.68. The van der Waals surface area contributed by atoms with Gasteiger partial charge in [0.25, 0.3) is 0 Å². The third kappa shape index (κ3) is 5.95. The standard InChI is InChI=1S/C21H27N9O10P2S2/c1-35-11-5-37-42(34,44)40-15-13(31)10(38-21(15)29-3-2-9-16(22)24-6-26-18(9)29)4-36-41(33,43)39-14(11)20(32)30-8-28-12-17(23)25-7-27-19(12)30/h2-3,6-8,10-11,13-15,20-21,31-32H,4-5H2,1H3,(H,33,43)(H,34,44)(H2,22,24,26)(H2,23,25,27)/t10-,11-,13-,14-,15-,20-,21-,41?,42?/m1/s1. The average Bonchev–Trinajstić information content (AvgIpc) is 3.68. The van der Waals surface area contributed by atoms with E-state index in [4.69, 9.17) is 39.0 Å². The fraction of sp³-hybridized carbons (Fsp3) is 0.476. The Balaban J connectivity index is 1.33. The fourth-order valence-corrected chi connectivity index (χ4v) is 7.86. The highest BCUT2D eigenvalue weighted by Crippen LogP contribution is 2.59. The number of ether oxygens (including phenoxy) is 2. The van der Waals surface area contributed by atoms with E-state index in [9.17, 15) is 19.3 Å². The summed E-state index contributed by atoms with van der Waals surface area (Å²) in [6.45, 7) is -9.78. The van der Waals surface area contributed by atoms with Crippen LogP contribution in [0, 0.1) is 0 Å². The number of methoxy groups -OCH3 is 1. The van der Waals surface area contributed by atoms with Crippen molar-refractivity contribution >= 4 is 71.9 Å². The van der Waals surface area contributed by atoms with Crippen molar-refractivity contribution in [1.82, 2.24) is 34.1 Å². The van der Waals surface area contributed by atoms with Gasteiger partial charge in [0.2, 0.25) is 0 Å². The predicted octanol–water partition coefficient (Wildman–Crippen LogP) is 1.09. The van der Waals surface area contributed by atoms with Gasteiger partial charge < -0.3 is 35.7 Å². The largest absolute Gasteiger partial charge is 0.387 e. The minimum Gasteiger partial charge on any atom is -0.387 e. The van der Waals surface area contributed by atoms with Gasteiger partial charge >= 0.3 is 13.6 Å². The van der Waals surface area contributed by atoms with Crippen LogP contribution in [-0.2, 0) is 36.7 Å². The lowest BCUT2D eigenvalue weighted by molar-refractivity contribution is -0.107. The molecule has 44 heavy (non-hydrogen) atoms. The topological polar surface area (TPSA) is 256 Å². The predicted molar refractivity (Wildman–Crippen MR) is 158 cm³/mol. The number of nitrogens with two attached hydrogens (primary N) is 2. The summed E-state index contributed by atoms with van der Waals surface area (Å²) in [5.74, 6) is 0.251. The van der Waals surface area contributed by atoms with Gasteiger partial charge in [-0.25, -0.2) is 34.0 Å². The van der Waals surface area contributed by atoms with Crippen molar-refractivity contribution in [2.45, 2.75) is 43.0 Å². The molecule has 0 radical (unpaired) electrons. The molecular weight excluding hydrogens is 664 g/mol. The number of aliphatic hydroxyl groups excluding tert-OH is 2. The van der Waals surface area contributed by atoms with E-state index in [-0.39, 0.29) is 22.8 Å². The number of imidazole rings is 1. The smallest absolute Gasteiger partial charge is 0.386 e. The maximum Gasteiger partial charge on any atom is 0.386 e. The molecule has 9 atom stereocenters. The van der Waals surface area contributed by atoms with Crippen molar-refractivity contribution in [1.29, 1.82) is 0 Å². The van der Waals surface area contributed by atoms with Crippen LogP contribution in [0.1, 0.15) is 12.5 Å². The Morgan fingerprint density at radius 3 is 2.45 bits per heavy atom. The van der Waals surface area contributed by atoms with Crippen molar-refractivity contribution in [3.8, 4) is 0 Å². The van der Waals surface area contributed by atoms with Crippen LogP contribution < -0.4 is 11.5 Å². The molecule has 0 amide bonds. The molecule has 2 saturated heterocycles. The Hall–Kier alpha value is -2.39. The SMILES string of the molecule is CO[C@@H]1COP(=O)(S)O[C@@H]2[C@H](O)[C@@H](COP(=O)(S)O[C@H]1[C@@H](O)n1cnc3c(N)ncnc31)O[C@H]2n1ccc2c(N)ncnc21. The number of nitrogen functional groups attached to an aromatic ring is 2. The molecule has 4 aromatic rings. The maximum atomic E-state index is 13.5. The van der Waals surface area contributed by atoms with E-state index in [1.165, 1.54) is 28.9 Å². The number of fused-ring (bicyclic) bond motifs is 4. The Morgan fingerprint density at radius 2 is 1.70 bits per heavy atom. The highest BCUT2D eigenvalue weighted by atomic mass is 32.7. The summed E-state index contributed by atoms with van der Waals surface area (Å²) in [7, 11) is 1.25. The van der Waals surface area contributed by atoms with E-state index in [2.05, 4.69) is 49.4 Å². The molecule has 2 unspecified atom stereocenters. The molecule has 6 heterocycles. The molecule has 238 valence electrons. The third-order valence-electron chi connectivity index (χ3n) is 7.08. The molecule has 19 nitrogen and oxygen atoms in total. The number of hydrogen-bond acceptors (Lipinski definition) is 17. The van der Waals surface area contributed by atoms with E-state index in [1.54, 1.807) is 12.3 Å². The Morgan fingerprint density at radius 1 is 1.02 bits per heavy atom. The lowest BCUT2D eigenvalue weighted by Gasteiger charge is -2.32.